The van der Waals surface area contributed by atoms with E-state index in [-0.39, 0.29) is 10.8 Å². The normalized spacial score (nSPS) is 19.7. The number of hydrogen-bond donors (Lipinski definition) is 1. The van der Waals surface area contributed by atoms with Crippen molar-refractivity contribution in [1.29, 1.82) is 0 Å². The van der Waals surface area contributed by atoms with E-state index < -0.39 is 15.8 Å². The van der Waals surface area contributed by atoms with Crippen molar-refractivity contribution in [2.45, 2.75) is 23.5 Å². The maximum atomic E-state index is 12.8. The second-order valence-corrected chi connectivity index (χ2v) is 8.90. The molecule has 0 aliphatic carbocycles. The lowest BCUT2D eigenvalue weighted by molar-refractivity contribution is -0.181. The summed E-state index contributed by atoms with van der Waals surface area (Å²) in [6.45, 7) is 3.14. The van der Waals surface area contributed by atoms with Crippen molar-refractivity contribution in [3.05, 3.63) is 29.8 Å². The Kier molecular flexibility index (Phi) is 6.17. The van der Waals surface area contributed by atoms with Crippen LogP contribution >= 0.6 is 0 Å². The predicted octanol–water partition coefficient (Wildman–Crippen LogP) is 0.506. The molecule has 0 bridgehead atoms. The first-order chi connectivity index (χ1) is 12.8. The molecular formula is C18H27N3O5S. The molecule has 150 valence electrons. The van der Waals surface area contributed by atoms with Crippen LogP contribution in [0.25, 0.3) is 0 Å². The molecule has 3 rings (SSSR count). The van der Waals surface area contributed by atoms with E-state index >= 15 is 0 Å². The molecule has 1 aromatic carbocycles. The van der Waals surface area contributed by atoms with Gasteiger partial charge >= 0.3 is 0 Å². The average molecular weight is 397 g/mol. The number of likely N-dealkylation sites (N-methyl/N-ethyl adjacent to an activating group) is 1. The maximum Gasteiger partial charge on any atom is 0.253 e. The first-order valence-electron chi connectivity index (χ1n) is 9.13. The van der Waals surface area contributed by atoms with Gasteiger partial charge in [-0.3, -0.25) is 4.79 Å². The third kappa shape index (κ3) is 4.85. The number of ether oxygens (including phenoxy) is 2. The van der Waals surface area contributed by atoms with Gasteiger partial charge in [0.2, 0.25) is 10.0 Å². The highest BCUT2D eigenvalue weighted by molar-refractivity contribution is 7.89. The summed E-state index contributed by atoms with van der Waals surface area (Å²) in [4.78, 5) is 16.5. The van der Waals surface area contributed by atoms with Crippen molar-refractivity contribution in [2.75, 3.05) is 53.5 Å². The van der Waals surface area contributed by atoms with Gasteiger partial charge in [-0.15, -0.1) is 0 Å². The molecule has 27 heavy (non-hydrogen) atoms. The lowest BCUT2D eigenvalue weighted by Gasteiger charge is -2.37. The molecule has 1 spiro atoms. The van der Waals surface area contributed by atoms with Gasteiger partial charge in [0.15, 0.2) is 5.79 Å². The van der Waals surface area contributed by atoms with E-state index in [1.165, 1.54) is 12.1 Å². The largest absolute Gasteiger partial charge is 0.347 e. The third-order valence-electron chi connectivity index (χ3n) is 4.87. The van der Waals surface area contributed by atoms with E-state index in [2.05, 4.69) is 4.72 Å². The van der Waals surface area contributed by atoms with Crippen LogP contribution in [0.5, 0.6) is 0 Å². The van der Waals surface area contributed by atoms with E-state index in [1.54, 1.807) is 17.0 Å². The van der Waals surface area contributed by atoms with E-state index in [1.807, 2.05) is 19.0 Å². The fourth-order valence-corrected chi connectivity index (χ4v) is 4.37. The molecule has 1 amide bonds. The van der Waals surface area contributed by atoms with Gasteiger partial charge in [0, 0.05) is 44.6 Å². The summed E-state index contributed by atoms with van der Waals surface area (Å²) in [5, 5.41) is 0. The number of carbonyl (C=O) groups excluding carboxylic acids is 1. The fourth-order valence-electron chi connectivity index (χ4n) is 3.30. The van der Waals surface area contributed by atoms with Crippen molar-refractivity contribution in [3.8, 4) is 0 Å². The van der Waals surface area contributed by atoms with Gasteiger partial charge in [-0.1, -0.05) is 6.07 Å². The highest BCUT2D eigenvalue weighted by Crippen LogP contribution is 2.31. The van der Waals surface area contributed by atoms with Gasteiger partial charge in [0.1, 0.15) is 0 Å². The Hall–Kier alpha value is -1.52. The summed E-state index contributed by atoms with van der Waals surface area (Å²) in [5.41, 5.74) is 0.370. The summed E-state index contributed by atoms with van der Waals surface area (Å²) in [5.74, 6) is -0.716. The Labute approximate surface area is 160 Å². The Morgan fingerprint density at radius 3 is 2.52 bits per heavy atom. The molecule has 9 heteroatoms. The summed E-state index contributed by atoms with van der Waals surface area (Å²) in [7, 11) is 0.0977. The van der Waals surface area contributed by atoms with Gasteiger partial charge < -0.3 is 19.3 Å². The molecule has 8 nitrogen and oxygen atoms in total. The number of hydrogen-bond acceptors (Lipinski definition) is 6. The second kappa shape index (κ2) is 8.24. The van der Waals surface area contributed by atoms with Crippen LogP contribution in [0.2, 0.25) is 0 Å². The van der Waals surface area contributed by atoms with Gasteiger partial charge in [-0.05, 0) is 32.3 Å². The molecule has 0 saturated carbocycles. The number of rotatable bonds is 6. The predicted molar refractivity (Wildman–Crippen MR) is 100.0 cm³/mol. The molecule has 0 unspecified atom stereocenters. The van der Waals surface area contributed by atoms with Crippen LogP contribution in [0.1, 0.15) is 23.2 Å². The monoisotopic (exact) mass is 397 g/mol. The molecule has 2 saturated heterocycles. The van der Waals surface area contributed by atoms with Crippen LogP contribution in [0.15, 0.2) is 29.2 Å². The zero-order chi connectivity index (χ0) is 19.5. The Morgan fingerprint density at radius 1 is 1.22 bits per heavy atom. The summed E-state index contributed by atoms with van der Waals surface area (Å²) >= 11 is 0. The third-order valence-corrected chi connectivity index (χ3v) is 6.33. The van der Waals surface area contributed by atoms with Crippen LogP contribution in [-0.4, -0.2) is 83.4 Å². The molecular weight excluding hydrogens is 370 g/mol. The minimum absolute atomic E-state index is 0.100. The first-order valence-corrected chi connectivity index (χ1v) is 10.6. The smallest absolute Gasteiger partial charge is 0.253 e. The van der Waals surface area contributed by atoms with Crippen LogP contribution in [-0.2, 0) is 19.5 Å². The number of sulfonamides is 1. The van der Waals surface area contributed by atoms with Crippen molar-refractivity contribution in [2.24, 2.45) is 0 Å². The first kappa shape index (κ1) is 20.2. The number of piperidine rings is 1. The zero-order valence-electron chi connectivity index (χ0n) is 15.8. The Bertz CT molecular complexity index is 765. The van der Waals surface area contributed by atoms with Crippen LogP contribution in [0, 0.1) is 0 Å². The van der Waals surface area contributed by atoms with Gasteiger partial charge in [-0.2, -0.15) is 0 Å². The van der Waals surface area contributed by atoms with Crippen LogP contribution in [0.3, 0.4) is 0 Å². The van der Waals surface area contributed by atoms with Crippen molar-refractivity contribution < 1.29 is 22.7 Å². The molecule has 2 fully saturated rings. The van der Waals surface area contributed by atoms with E-state index in [9.17, 15) is 13.2 Å². The molecule has 0 atom stereocenters. The quantitative estimate of drug-likeness (QED) is 0.752. The highest BCUT2D eigenvalue weighted by Gasteiger charge is 2.40. The number of nitrogens with one attached hydrogen (secondary N) is 1. The van der Waals surface area contributed by atoms with Gasteiger partial charge in [0.05, 0.1) is 18.1 Å². The topological polar surface area (TPSA) is 88.2 Å². The lowest BCUT2D eigenvalue weighted by atomic mass is 10.0. The molecule has 1 aromatic rings. The molecule has 2 aliphatic rings. The van der Waals surface area contributed by atoms with Crippen molar-refractivity contribution >= 4 is 15.9 Å². The molecule has 0 radical (unpaired) electrons. The summed E-state index contributed by atoms with van der Waals surface area (Å²) in [6, 6.07) is 6.18. The number of amides is 1. The maximum absolute atomic E-state index is 12.8. The van der Waals surface area contributed by atoms with Crippen LogP contribution < -0.4 is 4.72 Å². The van der Waals surface area contributed by atoms with E-state index in [0.29, 0.717) is 57.8 Å². The average Bonchev–Trinajstić information content (AvgIpc) is 3.09. The molecule has 0 aromatic heterocycles. The van der Waals surface area contributed by atoms with Gasteiger partial charge in [0.25, 0.3) is 5.91 Å². The summed E-state index contributed by atoms with van der Waals surface area (Å²) < 4.78 is 38.8. The molecule has 2 heterocycles. The zero-order valence-corrected chi connectivity index (χ0v) is 16.6. The highest BCUT2D eigenvalue weighted by atomic mass is 32.2. The lowest BCUT2D eigenvalue weighted by Crippen LogP contribution is -2.47. The van der Waals surface area contributed by atoms with E-state index in [4.69, 9.17) is 9.47 Å². The minimum atomic E-state index is -3.65. The standard InChI is InChI=1S/C18H27N3O5S/c1-20(2)11-8-19-27(23,24)16-5-3-4-15(14-16)17(22)21-9-6-18(7-10-21)25-12-13-26-18/h3-5,14,19H,6-13H2,1-2H3. The van der Waals surface area contributed by atoms with E-state index in [0.717, 1.165) is 0 Å². The second-order valence-electron chi connectivity index (χ2n) is 7.13. The Balaban J connectivity index is 1.65. The Morgan fingerprint density at radius 2 is 1.89 bits per heavy atom. The van der Waals surface area contributed by atoms with Crippen LogP contribution in [0.4, 0.5) is 0 Å². The number of carbonyl (C=O) groups is 1. The number of likely N-dealkylation sites (tertiary alicyclic amines) is 1. The summed E-state index contributed by atoms with van der Waals surface area (Å²) in [6.07, 6.45) is 1.26. The minimum Gasteiger partial charge on any atom is -0.347 e. The van der Waals surface area contributed by atoms with Crippen molar-refractivity contribution in [3.63, 3.8) is 0 Å². The molecule has 1 N–H and O–H groups in total. The fraction of sp³-hybridized carbons (Fsp3) is 0.611. The van der Waals surface area contributed by atoms with Gasteiger partial charge in [-0.25, -0.2) is 13.1 Å². The van der Waals surface area contributed by atoms with Crippen molar-refractivity contribution in [1.82, 2.24) is 14.5 Å². The number of nitrogens with zero attached hydrogens (tertiary/aromatic N) is 2. The number of benzene rings is 1. The SMILES string of the molecule is CN(C)CCNS(=O)(=O)c1cccc(C(=O)N2CCC3(CC2)OCCO3)c1. The molecule has 2 aliphatic heterocycles.